The van der Waals surface area contributed by atoms with Crippen LogP contribution in [-0.4, -0.2) is 15.0 Å². The Balaban J connectivity index is 1.70. The number of benzene rings is 3. The average Bonchev–Trinajstić information content (AvgIpc) is 2.70. The first-order chi connectivity index (χ1) is 13.5. The van der Waals surface area contributed by atoms with Crippen LogP contribution in [0.4, 0.5) is 17.1 Å². The fourth-order valence-corrected chi connectivity index (χ4v) is 3.61. The van der Waals surface area contributed by atoms with Crippen LogP contribution in [0.1, 0.15) is 12.5 Å². The van der Waals surface area contributed by atoms with Crippen LogP contribution in [0.3, 0.4) is 0 Å². The maximum Gasteiger partial charge on any atom is 0.261 e. The normalized spacial score (nSPS) is 10.7. The Morgan fingerprint density at radius 2 is 1.61 bits per heavy atom. The highest BCUT2D eigenvalue weighted by Crippen LogP contribution is 2.22. The zero-order valence-electron chi connectivity index (χ0n) is 15.2. The van der Waals surface area contributed by atoms with Gasteiger partial charge in [-0.05, 0) is 73.7 Å². The molecule has 0 amide bonds. The summed E-state index contributed by atoms with van der Waals surface area (Å²) in [6, 6.07) is 22.3. The number of nitrogens with one attached hydrogen (secondary N) is 2. The predicted molar refractivity (Wildman–Crippen MR) is 109 cm³/mol. The Kier molecular flexibility index (Phi) is 5.82. The molecule has 0 heterocycles. The molecule has 0 atom stereocenters. The van der Waals surface area contributed by atoms with Crippen molar-refractivity contribution in [1.82, 2.24) is 0 Å². The molecule has 3 rings (SSSR count). The van der Waals surface area contributed by atoms with E-state index in [-0.39, 0.29) is 4.90 Å². The minimum atomic E-state index is -3.69. The van der Waals surface area contributed by atoms with Gasteiger partial charge in [-0.2, -0.15) is 5.26 Å². The van der Waals surface area contributed by atoms with E-state index in [1.807, 2.05) is 13.0 Å². The molecule has 6 nitrogen and oxygen atoms in total. The first-order valence-electron chi connectivity index (χ1n) is 8.63. The number of hydrogen-bond donors (Lipinski definition) is 2. The molecule has 0 saturated carbocycles. The number of ether oxygens (including phenoxy) is 1. The molecule has 3 aromatic rings. The van der Waals surface area contributed by atoms with Crippen molar-refractivity contribution in [3.05, 3.63) is 78.4 Å². The first kappa shape index (κ1) is 19.3. The molecule has 0 radical (unpaired) electrons. The van der Waals surface area contributed by atoms with Crippen LogP contribution in [-0.2, 0) is 10.0 Å². The molecule has 0 aromatic heterocycles. The molecule has 142 valence electrons. The fraction of sp³-hybridized carbons (Fsp3) is 0.0952. The number of nitrogens with zero attached hydrogens (tertiary/aromatic N) is 1. The summed E-state index contributed by atoms with van der Waals surface area (Å²) in [4.78, 5) is 0.159. The van der Waals surface area contributed by atoms with Gasteiger partial charge in [0.25, 0.3) is 10.0 Å². The van der Waals surface area contributed by atoms with Crippen molar-refractivity contribution >= 4 is 27.1 Å². The molecule has 0 aliphatic rings. The van der Waals surface area contributed by atoms with Crippen molar-refractivity contribution in [2.24, 2.45) is 0 Å². The van der Waals surface area contributed by atoms with E-state index in [0.29, 0.717) is 23.6 Å². The summed E-state index contributed by atoms with van der Waals surface area (Å²) in [5.41, 5.74) is 2.57. The van der Waals surface area contributed by atoms with Crippen LogP contribution in [0.25, 0.3) is 0 Å². The lowest BCUT2D eigenvalue weighted by molar-refractivity contribution is 0.340. The molecule has 0 aliphatic carbocycles. The molecule has 0 bridgehead atoms. The SMILES string of the molecule is CCOc1ccc(S(=O)(=O)Nc2ccc(Nc3cccc(C#N)c3)cc2)cc1. The zero-order valence-corrected chi connectivity index (χ0v) is 16.0. The summed E-state index contributed by atoms with van der Waals surface area (Å²) in [6.45, 7) is 2.39. The summed E-state index contributed by atoms with van der Waals surface area (Å²) in [7, 11) is -3.69. The van der Waals surface area contributed by atoms with Crippen molar-refractivity contribution in [2.45, 2.75) is 11.8 Å². The second-order valence-electron chi connectivity index (χ2n) is 5.90. The largest absolute Gasteiger partial charge is 0.494 e. The van der Waals surface area contributed by atoms with Crippen LogP contribution in [0.5, 0.6) is 5.75 Å². The number of rotatable bonds is 7. The average molecular weight is 393 g/mol. The van der Waals surface area contributed by atoms with Crippen molar-refractivity contribution < 1.29 is 13.2 Å². The Labute approximate surface area is 164 Å². The predicted octanol–water partition coefficient (Wildman–Crippen LogP) is 4.50. The Bertz CT molecular complexity index is 1090. The number of hydrogen-bond acceptors (Lipinski definition) is 5. The number of sulfonamides is 1. The Morgan fingerprint density at radius 3 is 2.25 bits per heavy atom. The van der Waals surface area contributed by atoms with E-state index in [9.17, 15) is 8.42 Å². The summed E-state index contributed by atoms with van der Waals surface area (Å²) < 4.78 is 32.9. The lowest BCUT2D eigenvalue weighted by Gasteiger charge is -2.11. The van der Waals surface area contributed by atoms with Gasteiger partial charge in [-0.1, -0.05) is 6.07 Å². The van der Waals surface area contributed by atoms with Crippen molar-refractivity contribution in [1.29, 1.82) is 5.26 Å². The molecular formula is C21H19N3O3S. The van der Waals surface area contributed by atoms with Crippen LogP contribution in [0.2, 0.25) is 0 Å². The monoisotopic (exact) mass is 393 g/mol. The lowest BCUT2D eigenvalue weighted by Crippen LogP contribution is -2.12. The maximum absolute atomic E-state index is 12.5. The topological polar surface area (TPSA) is 91.2 Å². The maximum atomic E-state index is 12.5. The highest BCUT2D eigenvalue weighted by Gasteiger charge is 2.14. The van der Waals surface area contributed by atoms with Gasteiger partial charge in [0.2, 0.25) is 0 Å². The van der Waals surface area contributed by atoms with E-state index in [2.05, 4.69) is 16.1 Å². The van der Waals surface area contributed by atoms with Gasteiger partial charge >= 0.3 is 0 Å². The standard InChI is InChI=1S/C21H19N3O3S/c1-2-27-20-10-12-21(13-11-20)28(25,26)24-18-8-6-17(7-9-18)23-19-5-3-4-16(14-19)15-22/h3-14,23-24H,2H2,1H3. The third-order valence-corrected chi connectivity index (χ3v) is 5.26. The molecule has 0 aliphatic heterocycles. The van der Waals surface area contributed by atoms with Crippen molar-refractivity contribution in [3.63, 3.8) is 0 Å². The van der Waals surface area contributed by atoms with Crippen molar-refractivity contribution in [3.8, 4) is 11.8 Å². The third kappa shape index (κ3) is 4.81. The molecular weight excluding hydrogens is 374 g/mol. The second kappa shape index (κ2) is 8.46. The molecule has 0 spiro atoms. The van der Waals surface area contributed by atoms with E-state index < -0.39 is 10.0 Å². The highest BCUT2D eigenvalue weighted by molar-refractivity contribution is 7.92. The van der Waals surface area contributed by atoms with Gasteiger partial charge in [0.1, 0.15) is 5.75 Å². The van der Waals surface area contributed by atoms with Gasteiger partial charge in [0, 0.05) is 17.1 Å². The summed E-state index contributed by atoms with van der Waals surface area (Å²) >= 11 is 0. The molecule has 7 heteroatoms. The van der Waals surface area contributed by atoms with E-state index in [4.69, 9.17) is 10.00 Å². The van der Waals surface area contributed by atoms with E-state index in [0.717, 1.165) is 11.4 Å². The first-order valence-corrected chi connectivity index (χ1v) is 10.1. The van der Waals surface area contributed by atoms with Crippen LogP contribution in [0.15, 0.2) is 77.7 Å². The quantitative estimate of drug-likeness (QED) is 0.617. The molecule has 3 aromatic carbocycles. The van der Waals surface area contributed by atoms with Crippen molar-refractivity contribution in [2.75, 3.05) is 16.6 Å². The lowest BCUT2D eigenvalue weighted by atomic mass is 10.2. The van der Waals surface area contributed by atoms with Gasteiger partial charge in [0.15, 0.2) is 0 Å². The van der Waals surface area contributed by atoms with Crippen LogP contribution >= 0.6 is 0 Å². The van der Waals surface area contributed by atoms with Gasteiger partial charge in [0.05, 0.1) is 23.1 Å². The van der Waals surface area contributed by atoms with Gasteiger partial charge in [-0.25, -0.2) is 8.42 Å². The summed E-state index contributed by atoms with van der Waals surface area (Å²) in [6.07, 6.45) is 0. The van der Waals surface area contributed by atoms with E-state index in [1.165, 1.54) is 12.1 Å². The number of nitriles is 1. The molecule has 0 saturated heterocycles. The molecule has 28 heavy (non-hydrogen) atoms. The number of anilines is 3. The van der Waals surface area contributed by atoms with Crippen LogP contribution in [0, 0.1) is 11.3 Å². The second-order valence-corrected chi connectivity index (χ2v) is 7.59. The third-order valence-electron chi connectivity index (χ3n) is 3.86. The Morgan fingerprint density at radius 1 is 0.929 bits per heavy atom. The minimum absolute atomic E-state index is 0.159. The van der Waals surface area contributed by atoms with Crippen LogP contribution < -0.4 is 14.8 Å². The highest BCUT2D eigenvalue weighted by atomic mass is 32.2. The fourth-order valence-electron chi connectivity index (χ4n) is 2.55. The zero-order chi connectivity index (χ0) is 20.0. The van der Waals surface area contributed by atoms with Gasteiger partial charge in [-0.3, -0.25) is 4.72 Å². The molecule has 0 fully saturated rings. The van der Waals surface area contributed by atoms with E-state index in [1.54, 1.807) is 54.6 Å². The minimum Gasteiger partial charge on any atom is -0.494 e. The molecule has 2 N–H and O–H groups in total. The summed E-state index contributed by atoms with van der Waals surface area (Å²) in [5, 5.41) is 12.1. The molecule has 0 unspecified atom stereocenters. The van der Waals surface area contributed by atoms with Gasteiger partial charge in [-0.15, -0.1) is 0 Å². The summed E-state index contributed by atoms with van der Waals surface area (Å²) in [5.74, 6) is 0.623. The van der Waals surface area contributed by atoms with E-state index >= 15 is 0 Å². The smallest absolute Gasteiger partial charge is 0.261 e. The van der Waals surface area contributed by atoms with Gasteiger partial charge < -0.3 is 10.1 Å². The Hall–Kier alpha value is -3.50.